The summed E-state index contributed by atoms with van der Waals surface area (Å²) in [5.41, 5.74) is 5.48. The highest BCUT2D eigenvalue weighted by molar-refractivity contribution is 7.80. The molecule has 0 saturated heterocycles. The molecule has 0 heterocycles. The third-order valence-corrected chi connectivity index (χ3v) is 4.39. The molecule has 1 fully saturated rings. The van der Waals surface area contributed by atoms with Crippen LogP contribution in [0.2, 0.25) is 5.02 Å². The maximum absolute atomic E-state index is 13.1. The van der Waals surface area contributed by atoms with Gasteiger partial charge in [0.05, 0.1) is 15.6 Å². The van der Waals surface area contributed by atoms with E-state index in [1.807, 2.05) is 0 Å². The van der Waals surface area contributed by atoms with E-state index in [4.69, 9.17) is 29.6 Å². The zero-order valence-electron chi connectivity index (χ0n) is 10.9. The SMILES string of the molecule is NC(=S)C1(NC(=O)c2ccc(F)c(Cl)c2)CCCCC1. The van der Waals surface area contributed by atoms with Gasteiger partial charge in [-0.1, -0.05) is 43.1 Å². The molecule has 0 bridgehead atoms. The van der Waals surface area contributed by atoms with Gasteiger partial charge in [0.25, 0.3) is 5.91 Å². The second-order valence-corrected chi connectivity index (χ2v) is 5.94. The Bertz CT molecular complexity index is 544. The molecule has 108 valence electrons. The lowest BCUT2D eigenvalue weighted by Crippen LogP contribution is -2.57. The fourth-order valence-electron chi connectivity index (χ4n) is 2.52. The molecule has 0 spiro atoms. The molecule has 1 aromatic rings. The Labute approximate surface area is 127 Å². The highest BCUT2D eigenvalue weighted by Crippen LogP contribution is 2.29. The van der Waals surface area contributed by atoms with Gasteiger partial charge < -0.3 is 11.1 Å². The van der Waals surface area contributed by atoms with Crippen LogP contribution in [0, 0.1) is 5.82 Å². The van der Waals surface area contributed by atoms with Crippen LogP contribution in [0.5, 0.6) is 0 Å². The molecule has 20 heavy (non-hydrogen) atoms. The van der Waals surface area contributed by atoms with E-state index in [1.165, 1.54) is 18.2 Å². The van der Waals surface area contributed by atoms with E-state index >= 15 is 0 Å². The van der Waals surface area contributed by atoms with E-state index < -0.39 is 11.4 Å². The lowest BCUT2D eigenvalue weighted by Gasteiger charge is -2.37. The van der Waals surface area contributed by atoms with Gasteiger partial charge in [-0.25, -0.2) is 4.39 Å². The molecule has 6 heteroatoms. The summed E-state index contributed by atoms with van der Waals surface area (Å²) in [4.78, 5) is 12.6. The van der Waals surface area contributed by atoms with Crippen LogP contribution in [-0.2, 0) is 0 Å². The zero-order chi connectivity index (χ0) is 14.8. The van der Waals surface area contributed by atoms with Gasteiger partial charge in [-0.05, 0) is 31.0 Å². The van der Waals surface area contributed by atoms with E-state index in [2.05, 4.69) is 5.32 Å². The molecule has 3 N–H and O–H groups in total. The summed E-state index contributed by atoms with van der Waals surface area (Å²) in [6.07, 6.45) is 4.54. The average molecular weight is 315 g/mol. The molecule has 0 unspecified atom stereocenters. The van der Waals surface area contributed by atoms with Gasteiger partial charge in [-0.15, -0.1) is 0 Å². The van der Waals surface area contributed by atoms with Gasteiger partial charge in [0.2, 0.25) is 0 Å². The first kappa shape index (κ1) is 15.2. The highest BCUT2D eigenvalue weighted by Gasteiger charge is 2.36. The van der Waals surface area contributed by atoms with Crippen LogP contribution in [-0.4, -0.2) is 16.4 Å². The summed E-state index contributed by atoms with van der Waals surface area (Å²) in [5, 5.41) is 2.83. The predicted octanol–water partition coefficient (Wildman–Crippen LogP) is 3.20. The van der Waals surface area contributed by atoms with Crippen molar-refractivity contribution < 1.29 is 9.18 Å². The Morgan fingerprint density at radius 2 is 2.00 bits per heavy atom. The predicted molar refractivity (Wildman–Crippen MR) is 81.5 cm³/mol. The average Bonchev–Trinajstić information content (AvgIpc) is 2.42. The van der Waals surface area contributed by atoms with Crippen LogP contribution in [0.15, 0.2) is 18.2 Å². The number of hydrogen-bond acceptors (Lipinski definition) is 2. The monoisotopic (exact) mass is 314 g/mol. The number of thiocarbonyl (C=S) groups is 1. The van der Waals surface area contributed by atoms with Crippen molar-refractivity contribution in [3.05, 3.63) is 34.6 Å². The molecule has 1 aliphatic rings. The molecular formula is C14H16ClFN2OS. The topological polar surface area (TPSA) is 55.1 Å². The van der Waals surface area contributed by atoms with E-state index in [-0.39, 0.29) is 10.9 Å². The summed E-state index contributed by atoms with van der Waals surface area (Å²) in [5.74, 6) is -0.883. The van der Waals surface area contributed by atoms with Crippen molar-refractivity contribution in [2.75, 3.05) is 0 Å². The van der Waals surface area contributed by atoms with E-state index in [0.29, 0.717) is 10.6 Å². The largest absolute Gasteiger partial charge is 0.391 e. The Balaban J connectivity index is 2.20. The summed E-state index contributed by atoms with van der Waals surface area (Å²) in [7, 11) is 0. The summed E-state index contributed by atoms with van der Waals surface area (Å²) in [6, 6.07) is 3.88. The van der Waals surface area contributed by atoms with Crippen molar-refractivity contribution in [1.29, 1.82) is 0 Å². The molecule has 1 aliphatic carbocycles. The van der Waals surface area contributed by atoms with E-state index in [1.54, 1.807) is 0 Å². The number of amides is 1. The Morgan fingerprint density at radius 3 is 2.55 bits per heavy atom. The minimum Gasteiger partial charge on any atom is -0.391 e. The van der Waals surface area contributed by atoms with Crippen molar-refractivity contribution in [1.82, 2.24) is 5.32 Å². The molecule has 1 amide bonds. The third-order valence-electron chi connectivity index (χ3n) is 3.71. The summed E-state index contributed by atoms with van der Waals surface area (Å²) in [6.45, 7) is 0. The maximum Gasteiger partial charge on any atom is 0.252 e. The van der Waals surface area contributed by atoms with Crippen LogP contribution >= 0.6 is 23.8 Å². The molecule has 0 radical (unpaired) electrons. The zero-order valence-corrected chi connectivity index (χ0v) is 12.5. The number of hydrogen-bond donors (Lipinski definition) is 2. The highest BCUT2D eigenvalue weighted by atomic mass is 35.5. The number of nitrogens with two attached hydrogens (primary N) is 1. The smallest absolute Gasteiger partial charge is 0.252 e. The number of rotatable bonds is 3. The molecule has 1 saturated carbocycles. The fraction of sp³-hybridized carbons (Fsp3) is 0.429. The molecule has 1 aromatic carbocycles. The molecule has 0 aromatic heterocycles. The minimum absolute atomic E-state index is 0.0781. The first-order valence-electron chi connectivity index (χ1n) is 6.52. The number of benzene rings is 1. The van der Waals surface area contributed by atoms with Crippen LogP contribution in [0.3, 0.4) is 0 Å². The van der Waals surface area contributed by atoms with Gasteiger partial charge in [0.1, 0.15) is 5.82 Å². The lowest BCUT2D eigenvalue weighted by molar-refractivity contribution is 0.0908. The van der Waals surface area contributed by atoms with Crippen molar-refractivity contribution in [2.24, 2.45) is 5.73 Å². The Hall–Kier alpha value is -1.20. The fourth-order valence-corrected chi connectivity index (χ4v) is 2.95. The first-order valence-corrected chi connectivity index (χ1v) is 7.31. The number of nitrogens with one attached hydrogen (secondary N) is 1. The van der Waals surface area contributed by atoms with Crippen molar-refractivity contribution >= 4 is 34.7 Å². The van der Waals surface area contributed by atoms with Crippen molar-refractivity contribution in [3.63, 3.8) is 0 Å². The molecule has 2 rings (SSSR count). The molecule has 3 nitrogen and oxygen atoms in total. The third kappa shape index (κ3) is 3.10. The van der Waals surface area contributed by atoms with Gasteiger partial charge in [-0.2, -0.15) is 0 Å². The van der Waals surface area contributed by atoms with Gasteiger partial charge in [0, 0.05) is 5.56 Å². The van der Waals surface area contributed by atoms with Crippen LogP contribution in [0.25, 0.3) is 0 Å². The second kappa shape index (κ2) is 6.06. The Morgan fingerprint density at radius 1 is 1.35 bits per heavy atom. The number of halogens is 2. The quantitative estimate of drug-likeness (QED) is 0.842. The summed E-state index contributed by atoms with van der Waals surface area (Å²) < 4.78 is 13.1. The molecule has 0 aliphatic heterocycles. The first-order chi connectivity index (χ1) is 9.44. The standard InChI is InChI=1S/C14H16ClFN2OS/c15-10-8-9(4-5-11(10)16)12(19)18-14(13(17)20)6-2-1-3-7-14/h4-5,8H,1-3,6-7H2,(H2,17,20)(H,18,19). The van der Waals surface area contributed by atoms with Gasteiger partial charge in [-0.3, -0.25) is 4.79 Å². The minimum atomic E-state index is -0.633. The summed E-state index contributed by atoms with van der Waals surface area (Å²) >= 11 is 10.8. The molecule has 0 atom stereocenters. The number of carbonyl (C=O) groups excluding carboxylic acids is 1. The maximum atomic E-state index is 13.1. The lowest BCUT2D eigenvalue weighted by atomic mass is 9.81. The van der Waals surface area contributed by atoms with Crippen LogP contribution in [0.4, 0.5) is 4.39 Å². The Kier molecular flexibility index (Phi) is 4.60. The van der Waals surface area contributed by atoms with Gasteiger partial charge in [0.15, 0.2) is 0 Å². The number of carbonyl (C=O) groups is 1. The van der Waals surface area contributed by atoms with Crippen molar-refractivity contribution in [3.8, 4) is 0 Å². The van der Waals surface area contributed by atoms with Crippen LogP contribution in [0.1, 0.15) is 42.5 Å². The molecular weight excluding hydrogens is 299 g/mol. The van der Waals surface area contributed by atoms with Crippen molar-refractivity contribution in [2.45, 2.75) is 37.6 Å². The van der Waals surface area contributed by atoms with Crippen LogP contribution < -0.4 is 11.1 Å². The van der Waals surface area contributed by atoms with E-state index in [0.717, 1.165) is 32.1 Å². The second-order valence-electron chi connectivity index (χ2n) is 5.09. The van der Waals surface area contributed by atoms with E-state index in [9.17, 15) is 9.18 Å². The normalized spacial score (nSPS) is 17.5. The van der Waals surface area contributed by atoms with Gasteiger partial charge >= 0.3 is 0 Å².